The number of nitrogens with zero attached hydrogens (tertiary/aromatic N) is 1. The van der Waals surface area contributed by atoms with Gasteiger partial charge in [0.25, 0.3) is 5.91 Å². The zero-order chi connectivity index (χ0) is 27.1. The van der Waals surface area contributed by atoms with Gasteiger partial charge in [0, 0.05) is 30.2 Å². The van der Waals surface area contributed by atoms with E-state index in [1.165, 1.54) is 18.4 Å². The topological polar surface area (TPSA) is 91.5 Å². The maximum absolute atomic E-state index is 13.8. The molecule has 1 aliphatic heterocycles. The second kappa shape index (κ2) is 16.3. The van der Waals surface area contributed by atoms with Crippen molar-refractivity contribution in [3.63, 3.8) is 0 Å². The largest absolute Gasteiger partial charge is 0.379 e. The molecule has 200 valence electrons. The summed E-state index contributed by atoms with van der Waals surface area (Å²) in [6, 6.07) is 4.59. The Balaban J connectivity index is 0.000000375. The van der Waals surface area contributed by atoms with Crippen molar-refractivity contribution in [3.05, 3.63) is 71.2 Å². The maximum atomic E-state index is 13.8. The highest BCUT2D eigenvalue weighted by atomic mass is 35.5. The fourth-order valence-corrected chi connectivity index (χ4v) is 3.78. The van der Waals surface area contributed by atoms with E-state index < -0.39 is 15.7 Å². The minimum atomic E-state index is -2.87. The summed E-state index contributed by atoms with van der Waals surface area (Å²) < 4.78 is 40.7. The molecule has 0 radical (unpaired) electrons. The number of carbonyl (C=O) groups excluding carboxylic acids is 1. The first-order valence-electron chi connectivity index (χ1n) is 11.8. The van der Waals surface area contributed by atoms with Crippen molar-refractivity contribution in [2.75, 3.05) is 45.0 Å². The van der Waals surface area contributed by atoms with Gasteiger partial charge in [0.05, 0.1) is 30.7 Å². The highest BCUT2D eigenvalue weighted by Crippen LogP contribution is 2.25. The molecular weight excluding hydrogens is 505 g/mol. The van der Waals surface area contributed by atoms with Gasteiger partial charge < -0.3 is 15.0 Å². The molecule has 2 N–H and O–H groups in total. The first-order valence-corrected chi connectivity index (χ1v) is 14.2. The Kier molecular flexibility index (Phi) is 14.3. The van der Waals surface area contributed by atoms with Crippen molar-refractivity contribution < 1.29 is 22.3 Å². The molecule has 1 amide bonds. The third-order valence-corrected chi connectivity index (χ3v) is 6.01. The lowest BCUT2D eigenvalue weighted by atomic mass is 10.2. The number of rotatable bonds is 8. The number of nitrogens with one attached hydrogen (secondary N) is 2. The Labute approximate surface area is 219 Å². The second-order valence-electron chi connectivity index (χ2n) is 7.91. The maximum Gasteiger partial charge on any atom is 0.268 e. The molecular formula is C26H37ClFN3O4S. The number of amides is 1. The number of morpholine rings is 1. The zero-order valence-electron chi connectivity index (χ0n) is 21.4. The number of hydrogen-bond acceptors (Lipinski definition) is 5. The van der Waals surface area contributed by atoms with Crippen LogP contribution in [0.3, 0.4) is 0 Å². The molecule has 1 aromatic carbocycles. The van der Waals surface area contributed by atoms with E-state index in [2.05, 4.69) is 21.8 Å². The summed E-state index contributed by atoms with van der Waals surface area (Å²) >= 11 is 5.73. The lowest BCUT2D eigenvalue weighted by Gasteiger charge is -2.26. The van der Waals surface area contributed by atoms with Gasteiger partial charge in [-0.15, -0.1) is 0 Å². The molecule has 1 aliphatic rings. The minimum absolute atomic E-state index is 0.0433. The summed E-state index contributed by atoms with van der Waals surface area (Å²) in [7, 11) is -2.87. The normalized spacial score (nSPS) is 14.6. The molecule has 0 aliphatic carbocycles. The van der Waals surface area contributed by atoms with Gasteiger partial charge in [0.1, 0.15) is 5.69 Å². The lowest BCUT2D eigenvalue weighted by Crippen LogP contribution is -2.43. The van der Waals surface area contributed by atoms with Gasteiger partial charge in [-0.05, 0) is 31.5 Å². The molecule has 0 spiro atoms. The molecule has 7 nitrogen and oxygen atoms in total. The smallest absolute Gasteiger partial charge is 0.268 e. The van der Waals surface area contributed by atoms with Crippen LogP contribution in [-0.4, -0.2) is 69.2 Å². The summed E-state index contributed by atoms with van der Waals surface area (Å²) in [5, 5.41) is 3.17. The third kappa shape index (κ3) is 11.5. The first-order chi connectivity index (χ1) is 17.1. The van der Waals surface area contributed by atoms with Gasteiger partial charge in [-0.2, -0.15) is 0 Å². The number of aromatic amines is 1. The van der Waals surface area contributed by atoms with E-state index in [1.807, 2.05) is 32.9 Å². The Hall–Kier alpha value is -2.46. The van der Waals surface area contributed by atoms with Crippen molar-refractivity contribution in [2.24, 2.45) is 0 Å². The fourth-order valence-electron chi connectivity index (χ4n) is 3.03. The summed E-state index contributed by atoms with van der Waals surface area (Å²) in [4.78, 5) is 17.1. The average molecular weight is 542 g/mol. The molecule has 2 heterocycles. The Morgan fingerprint density at radius 1 is 1.31 bits per heavy atom. The zero-order valence-corrected chi connectivity index (χ0v) is 23.0. The number of fused-ring (bicyclic) bond motifs is 1. The molecule has 0 saturated carbocycles. The van der Waals surface area contributed by atoms with Crippen LogP contribution in [-0.2, 0) is 14.6 Å². The Bertz CT molecular complexity index is 1150. The van der Waals surface area contributed by atoms with Crippen LogP contribution >= 0.6 is 11.6 Å². The van der Waals surface area contributed by atoms with E-state index in [0.29, 0.717) is 36.5 Å². The number of H-pyrrole nitrogens is 1. The number of allylic oxidation sites excluding steroid dienone is 4. The summed E-state index contributed by atoms with van der Waals surface area (Å²) in [5.74, 6) is -0.660. The molecule has 0 unspecified atom stereocenters. The SMILES string of the molecule is C=C/C=C\C/C(C)=C\CS(C)(=O)=O.CC.O=C(NCN1CCOCC1)c1cc2c(F)c(Cl)ccc2[nH]1. The van der Waals surface area contributed by atoms with Crippen LogP contribution in [0.2, 0.25) is 5.02 Å². The highest BCUT2D eigenvalue weighted by molar-refractivity contribution is 7.90. The molecule has 1 aromatic heterocycles. The Morgan fingerprint density at radius 3 is 2.58 bits per heavy atom. The fraction of sp³-hybridized carbons (Fsp3) is 0.423. The van der Waals surface area contributed by atoms with Crippen LogP contribution in [0.25, 0.3) is 10.9 Å². The number of ether oxygens (including phenoxy) is 1. The summed E-state index contributed by atoms with van der Waals surface area (Å²) in [6.07, 6.45) is 9.24. The number of halogens is 2. The van der Waals surface area contributed by atoms with Crippen molar-refractivity contribution in [1.82, 2.24) is 15.2 Å². The standard InChI is InChI=1S/C14H15ClFN3O2.C10H16O2S.C2H6/c15-10-1-2-11-9(13(10)16)7-12(18-11)14(20)17-8-19-3-5-21-6-4-19;1-4-5-6-7-10(2)8-9-13(3,11)12;1-2/h1-2,7,18H,3-6,8H2,(H,17,20);4-6,8H,1,7,9H2,2-3H3;1-2H3/b;6-5-,10-8-;. The van der Waals surface area contributed by atoms with Crippen LogP contribution in [0.15, 0.2) is 54.7 Å². The van der Waals surface area contributed by atoms with Crippen LogP contribution in [0.4, 0.5) is 4.39 Å². The van der Waals surface area contributed by atoms with E-state index in [-0.39, 0.29) is 16.7 Å². The van der Waals surface area contributed by atoms with E-state index in [9.17, 15) is 17.6 Å². The molecule has 36 heavy (non-hydrogen) atoms. The monoisotopic (exact) mass is 541 g/mol. The second-order valence-corrected chi connectivity index (χ2v) is 10.5. The predicted octanol–water partition coefficient (Wildman–Crippen LogP) is 5.12. The van der Waals surface area contributed by atoms with E-state index >= 15 is 0 Å². The molecule has 10 heteroatoms. The van der Waals surface area contributed by atoms with Crippen LogP contribution < -0.4 is 5.32 Å². The van der Waals surface area contributed by atoms with Gasteiger partial charge >= 0.3 is 0 Å². The highest BCUT2D eigenvalue weighted by Gasteiger charge is 2.15. The molecule has 1 fully saturated rings. The van der Waals surface area contributed by atoms with Gasteiger partial charge in [-0.1, -0.05) is 61.9 Å². The van der Waals surface area contributed by atoms with Crippen LogP contribution in [0.5, 0.6) is 0 Å². The van der Waals surface area contributed by atoms with Crippen molar-refractivity contribution in [1.29, 1.82) is 0 Å². The van der Waals surface area contributed by atoms with Crippen molar-refractivity contribution in [2.45, 2.75) is 27.2 Å². The average Bonchev–Trinajstić information content (AvgIpc) is 3.31. The molecule has 3 rings (SSSR count). The quantitative estimate of drug-likeness (QED) is 0.358. The summed E-state index contributed by atoms with van der Waals surface area (Å²) in [5.41, 5.74) is 1.93. The molecule has 0 atom stereocenters. The summed E-state index contributed by atoms with van der Waals surface area (Å²) in [6.45, 7) is 12.8. The van der Waals surface area contributed by atoms with Crippen LogP contribution in [0, 0.1) is 5.82 Å². The number of carbonyl (C=O) groups is 1. The predicted molar refractivity (Wildman–Crippen MR) is 147 cm³/mol. The number of benzene rings is 1. The first kappa shape index (κ1) is 31.6. The Morgan fingerprint density at radius 2 is 1.97 bits per heavy atom. The third-order valence-electron chi connectivity index (χ3n) is 4.95. The van der Waals surface area contributed by atoms with Crippen LogP contribution in [0.1, 0.15) is 37.7 Å². The van der Waals surface area contributed by atoms with Gasteiger partial charge in [-0.3, -0.25) is 9.69 Å². The molecule has 0 bridgehead atoms. The van der Waals surface area contributed by atoms with Gasteiger partial charge in [-0.25, -0.2) is 12.8 Å². The van der Waals surface area contributed by atoms with Crippen molar-refractivity contribution >= 4 is 38.2 Å². The number of aromatic nitrogens is 1. The van der Waals surface area contributed by atoms with E-state index in [1.54, 1.807) is 18.2 Å². The van der Waals surface area contributed by atoms with Crippen molar-refractivity contribution in [3.8, 4) is 0 Å². The van der Waals surface area contributed by atoms with Gasteiger partial charge in [0.15, 0.2) is 15.7 Å². The molecule has 1 saturated heterocycles. The number of hydrogen-bond donors (Lipinski definition) is 2. The van der Waals surface area contributed by atoms with Gasteiger partial charge in [0.2, 0.25) is 0 Å². The number of sulfone groups is 1. The minimum Gasteiger partial charge on any atom is -0.379 e. The molecule has 2 aromatic rings. The lowest BCUT2D eigenvalue weighted by molar-refractivity contribution is 0.0334. The van der Waals surface area contributed by atoms with E-state index in [4.69, 9.17) is 16.3 Å². The van der Waals surface area contributed by atoms with E-state index in [0.717, 1.165) is 25.1 Å².